The number of anilines is 3. The molecule has 2 aromatic heterocycles. The minimum Gasteiger partial charge on any atom is -0.447 e. The van der Waals surface area contributed by atoms with Crippen LogP contribution in [0.25, 0.3) is 11.3 Å². The Kier molecular flexibility index (Phi) is 9.58. The number of carbonyl (C=O) groups is 2. The van der Waals surface area contributed by atoms with Crippen LogP contribution in [0.3, 0.4) is 0 Å². The van der Waals surface area contributed by atoms with Crippen molar-refractivity contribution in [2.24, 2.45) is 0 Å². The molecule has 10 heteroatoms. The largest absolute Gasteiger partial charge is 0.447 e. The lowest BCUT2D eigenvalue weighted by Gasteiger charge is -2.32. The van der Waals surface area contributed by atoms with Crippen LogP contribution >= 0.6 is 0 Å². The number of aryl methyl sites for hydroxylation is 1. The number of aromatic nitrogens is 3. The maximum absolute atomic E-state index is 13.1. The van der Waals surface area contributed by atoms with Crippen molar-refractivity contribution in [2.45, 2.75) is 45.6 Å². The number of nitrogens with zero attached hydrogens (tertiary/aromatic N) is 4. The van der Waals surface area contributed by atoms with Gasteiger partial charge in [-0.25, -0.2) is 14.8 Å². The Hall–Kier alpha value is -4.83. The monoisotopic (exact) mass is 579 g/mol. The van der Waals surface area contributed by atoms with Crippen molar-refractivity contribution in [3.63, 3.8) is 0 Å². The number of hydrogen-bond acceptors (Lipinski definition) is 8. The van der Waals surface area contributed by atoms with Gasteiger partial charge in [0.15, 0.2) is 0 Å². The molecule has 2 amide bonds. The number of likely N-dealkylation sites (tertiary alicyclic amines) is 1. The van der Waals surface area contributed by atoms with Crippen molar-refractivity contribution in [1.29, 1.82) is 0 Å². The van der Waals surface area contributed by atoms with Gasteiger partial charge in [0.2, 0.25) is 5.95 Å². The van der Waals surface area contributed by atoms with Gasteiger partial charge >= 0.3 is 6.09 Å². The minimum atomic E-state index is -0.381. The second kappa shape index (κ2) is 13.9. The zero-order chi connectivity index (χ0) is 30.2. The number of nitrogens with one attached hydrogen (secondary N) is 3. The predicted octanol–water partition coefficient (Wildman–Crippen LogP) is 6.11. The number of hydrogen-bond donors (Lipinski definition) is 3. The van der Waals surface area contributed by atoms with Crippen molar-refractivity contribution in [3.05, 3.63) is 95.9 Å². The van der Waals surface area contributed by atoms with Gasteiger partial charge in [-0.05, 0) is 93.1 Å². The highest BCUT2D eigenvalue weighted by Crippen LogP contribution is 2.29. The number of ether oxygens (including phenoxy) is 1. The number of piperidine rings is 1. The summed E-state index contributed by atoms with van der Waals surface area (Å²) in [7, 11) is 0. The Morgan fingerprint density at radius 1 is 1.02 bits per heavy atom. The van der Waals surface area contributed by atoms with Gasteiger partial charge in [0.05, 0.1) is 18.5 Å². The fourth-order valence-corrected chi connectivity index (χ4v) is 5.01. The van der Waals surface area contributed by atoms with E-state index < -0.39 is 0 Å². The second-order valence-corrected chi connectivity index (χ2v) is 10.9. The molecule has 1 fully saturated rings. The number of amides is 2. The second-order valence-electron chi connectivity index (χ2n) is 10.9. The van der Waals surface area contributed by atoms with Crippen molar-refractivity contribution in [2.75, 3.05) is 30.4 Å². The molecule has 0 radical (unpaired) electrons. The first kappa shape index (κ1) is 29.7. The van der Waals surface area contributed by atoms with E-state index in [1.807, 2.05) is 69.3 Å². The van der Waals surface area contributed by atoms with Gasteiger partial charge in [-0.2, -0.15) is 0 Å². The summed E-state index contributed by atoms with van der Waals surface area (Å²) >= 11 is 0. The minimum absolute atomic E-state index is 0.132. The van der Waals surface area contributed by atoms with E-state index >= 15 is 0 Å². The van der Waals surface area contributed by atoms with E-state index in [1.165, 1.54) is 5.56 Å². The van der Waals surface area contributed by atoms with Gasteiger partial charge in [-0.1, -0.05) is 18.2 Å². The summed E-state index contributed by atoms with van der Waals surface area (Å²) in [5.41, 5.74) is 5.89. The molecule has 4 aromatic rings. The maximum Gasteiger partial charge on any atom is 0.408 e. The number of carbonyl (C=O) groups excluding carboxylic acids is 2. The molecule has 0 saturated carbocycles. The lowest BCUT2D eigenvalue weighted by molar-refractivity contribution is 0.102. The first-order valence-electron chi connectivity index (χ1n) is 14.5. The molecule has 5 rings (SSSR count). The fraction of sp³-hybridized carbons (Fsp3) is 0.303. The highest BCUT2D eigenvalue weighted by atomic mass is 16.6. The third-order valence-electron chi connectivity index (χ3n) is 7.38. The van der Waals surface area contributed by atoms with Gasteiger partial charge in [0.25, 0.3) is 5.91 Å². The van der Waals surface area contributed by atoms with E-state index in [2.05, 4.69) is 47.9 Å². The molecular formula is C33H37N7O3. The Morgan fingerprint density at radius 2 is 1.81 bits per heavy atom. The molecular weight excluding hydrogens is 542 g/mol. The number of benzene rings is 2. The van der Waals surface area contributed by atoms with Crippen molar-refractivity contribution in [1.82, 2.24) is 25.2 Å². The number of rotatable bonds is 9. The van der Waals surface area contributed by atoms with Crippen LogP contribution in [0.2, 0.25) is 0 Å². The Balaban J connectivity index is 1.16. The average molecular weight is 580 g/mol. The summed E-state index contributed by atoms with van der Waals surface area (Å²) in [5.74, 6) is 0.680. The lowest BCUT2D eigenvalue weighted by Crippen LogP contribution is -2.42. The molecule has 0 unspecified atom stereocenters. The number of pyridine rings is 1. The van der Waals surface area contributed by atoms with E-state index in [1.54, 1.807) is 18.6 Å². The zero-order valence-corrected chi connectivity index (χ0v) is 24.7. The summed E-state index contributed by atoms with van der Waals surface area (Å²) in [5, 5.41) is 9.08. The van der Waals surface area contributed by atoms with Gasteiger partial charge in [-0.15, -0.1) is 0 Å². The van der Waals surface area contributed by atoms with Crippen molar-refractivity contribution < 1.29 is 14.3 Å². The van der Waals surface area contributed by atoms with Crippen LogP contribution in [0.4, 0.5) is 22.1 Å². The Labute approximate surface area is 251 Å². The van der Waals surface area contributed by atoms with Gasteiger partial charge in [-0.3, -0.25) is 14.7 Å². The predicted molar refractivity (Wildman–Crippen MR) is 167 cm³/mol. The summed E-state index contributed by atoms with van der Waals surface area (Å²) in [6.45, 7) is 7.92. The Bertz CT molecular complexity index is 1540. The third-order valence-corrected chi connectivity index (χ3v) is 7.38. The first-order chi connectivity index (χ1) is 20.8. The summed E-state index contributed by atoms with van der Waals surface area (Å²) < 4.78 is 5.13. The average Bonchev–Trinajstić information content (AvgIpc) is 3.02. The zero-order valence-electron chi connectivity index (χ0n) is 24.7. The molecule has 10 nitrogen and oxygen atoms in total. The van der Waals surface area contributed by atoms with Gasteiger partial charge in [0.1, 0.15) is 0 Å². The molecule has 1 aliphatic rings. The summed E-state index contributed by atoms with van der Waals surface area (Å²) in [4.78, 5) is 40.2. The molecule has 0 bridgehead atoms. The van der Waals surface area contributed by atoms with Crippen LogP contribution in [0, 0.1) is 6.92 Å². The van der Waals surface area contributed by atoms with Crippen LogP contribution in [0.1, 0.15) is 54.1 Å². The molecule has 3 heterocycles. The van der Waals surface area contributed by atoms with E-state index in [4.69, 9.17) is 4.74 Å². The van der Waals surface area contributed by atoms with Gasteiger partial charge < -0.3 is 20.7 Å². The van der Waals surface area contributed by atoms with Crippen LogP contribution in [-0.2, 0) is 4.74 Å². The maximum atomic E-state index is 13.1. The smallest absolute Gasteiger partial charge is 0.408 e. The first-order valence-corrected chi connectivity index (χ1v) is 14.5. The molecule has 0 spiro atoms. The summed E-state index contributed by atoms with van der Waals surface area (Å²) in [6, 6.07) is 19.2. The van der Waals surface area contributed by atoms with Crippen molar-refractivity contribution >= 4 is 29.3 Å². The lowest BCUT2D eigenvalue weighted by atomic mass is 9.89. The normalized spacial score (nSPS) is 13.9. The summed E-state index contributed by atoms with van der Waals surface area (Å²) in [6.07, 6.45) is 6.66. The van der Waals surface area contributed by atoms with E-state index in [-0.39, 0.29) is 18.1 Å². The van der Waals surface area contributed by atoms with Crippen LogP contribution < -0.4 is 16.0 Å². The standard InChI is InChI=1S/C33H37N7O3/c1-22(2)43-33(42)36-21-40-17-13-25(14-18-40)24-8-10-28(11-9-24)37-31(41)26-7-6-23(3)30(19-26)39-32-35-16-12-29(38-32)27-5-4-15-34-20-27/h4-12,15-16,19-20,22,25H,13-14,17-18,21H2,1-3H3,(H,36,42)(H,37,41)(H,35,38,39). The van der Waals surface area contributed by atoms with Crippen LogP contribution in [0.15, 0.2) is 79.3 Å². The van der Waals surface area contributed by atoms with Gasteiger partial charge in [0, 0.05) is 54.2 Å². The molecule has 1 saturated heterocycles. The van der Waals surface area contributed by atoms with E-state index in [9.17, 15) is 9.59 Å². The topological polar surface area (TPSA) is 121 Å². The SMILES string of the molecule is Cc1ccc(C(=O)Nc2ccc(C3CCN(CNC(=O)OC(C)C)CC3)cc2)cc1Nc1nccc(-c2cccnc2)n1. The molecule has 3 N–H and O–H groups in total. The third kappa shape index (κ3) is 8.14. The number of alkyl carbamates (subject to hydrolysis) is 1. The molecule has 43 heavy (non-hydrogen) atoms. The molecule has 222 valence electrons. The fourth-order valence-electron chi connectivity index (χ4n) is 5.01. The Morgan fingerprint density at radius 3 is 2.53 bits per heavy atom. The molecule has 1 aliphatic heterocycles. The molecule has 0 atom stereocenters. The van der Waals surface area contributed by atoms with E-state index in [0.29, 0.717) is 24.1 Å². The highest BCUT2D eigenvalue weighted by molar-refractivity contribution is 6.05. The van der Waals surface area contributed by atoms with Crippen LogP contribution in [-0.4, -0.2) is 57.7 Å². The van der Waals surface area contributed by atoms with Crippen LogP contribution in [0.5, 0.6) is 0 Å². The highest BCUT2D eigenvalue weighted by Gasteiger charge is 2.21. The van der Waals surface area contributed by atoms with Crippen molar-refractivity contribution in [3.8, 4) is 11.3 Å². The van der Waals surface area contributed by atoms with E-state index in [0.717, 1.165) is 54.1 Å². The molecule has 2 aromatic carbocycles. The quantitative estimate of drug-likeness (QED) is 0.217. The molecule has 0 aliphatic carbocycles.